The van der Waals surface area contributed by atoms with Crippen LogP contribution in [0.2, 0.25) is 0 Å². The molecule has 0 radical (unpaired) electrons. The normalized spacial score (nSPS) is 27.6. The molecule has 1 aromatic rings. The minimum atomic E-state index is -1.15. The van der Waals surface area contributed by atoms with Crippen LogP contribution < -0.4 is 9.64 Å². The van der Waals surface area contributed by atoms with Crippen LogP contribution >= 0.6 is 0 Å². The van der Waals surface area contributed by atoms with E-state index in [1.165, 1.54) is 12.0 Å². The van der Waals surface area contributed by atoms with Crippen LogP contribution in [0, 0.1) is 0 Å². The average molecular weight is 390 g/mol. The Balaban J connectivity index is 1.79. The van der Waals surface area contributed by atoms with E-state index in [0.29, 0.717) is 36.6 Å². The molecule has 152 valence electrons. The molecule has 0 saturated carbocycles. The van der Waals surface area contributed by atoms with E-state index in [-0.39, 0.29) is 11.9 Å². The Kier molecular flexibility index (Phi) is 5.41. The lowest BCUT2D eigenvalue weighted by Gasteiger charge is -2.42. The maximum absolute atomic E-state index is 13.3. The van der Waals surface area contributed by atoms with Crippen molar-refractivity contribution in [3.63, 3.8) is 0 Å². The quantitative estimate of drug-likeness (QED) is 0.853. The SMILES string of the molecule is COc1ccc2c(c1)C(=O)N1CCCCC1C(OC1CCCCO1)N2C(=O)O. The summed E-state index contributed by atoms with van der Waals surface area (Å²) in [5.41, 5.74) is 0.651. The highest BCUT2D eigenvalue weighted by Crippen LogP contribution is 2.37. The summed E-state index contributed by atoms with van der Waals surface area (Å²) < 4.78 is 17.2. The summed E-state index contributed by atoms with van der Waals surface area (Å²) in [5, 5.41) is 10.1. The zero-order valence-electron chi connectivity index (χ0n) is 16.0. The van der Waals surface area contributed by atoms with Crippen LogP contribution in [-0.2, 0) is 9.47 Å². The molecule has 3 aliphatic heterocycles. The van der Waals surface area contributed by atoms with Crippen molar-refractivity contribution in [3.8, 4) is 5.75 Å². The lowest BCUT2D eigenvalue weighted by Crippen LogP contribution is -2.57. The van der Waals surface area contributed by atoms with E-state index in [1.54, 1.807) is 23.1 Å². The van der Waals surface area contributed by atoms with Gasteiger partial charge in [-0.2, -0.15) is 0 Å². The first kappa shape index (κ1) is 19.0. The van der Waals surface area contributed by atoms with E-state index in [4.69, 9.17) is 14.2 Å². The van der Waals surface area contributed by atoms with E-state index in [2.05, 4.69) is 0 Å². The Morgan fingerprint density at radius 3 is 2.75 bits per heavy atom. The van der Waals surface area contributed by atoms with E-state index >= 15 is 0 Å². The summed E-state index contributed by atoms with van der Waals surface area (Å²) >= 11 is 0. The average Bonchev–Trinajstić information content (AvgIpc) is 2.82. The minimum Gasteiger partial charge on any atom is -0.497 e. The van der Waals surface area contributed by atoms with Gasteiger partial charge in [0, 0.05) is 13.2 Å². The van der Waals surface area contributed by atoms with Crippen molar-refractivity contribution in [2.45, 2.75) is 57.1 Å². The van der Waals surface area contributed by atoms with Crippen molar-refractivity contribution in [1.82, 2.24) is 4.90 Å². The Hall–Kier alpha value is -2.32. The number of rotatable bonds is 3. The van der Waals surface area contributed by atoms with Gasteiger partial charge in [0.15, 0.2) is 12.5 Å². The summed E-state index contributed by atoms with van der Waals surface area (Å²) in [5.74, 6) is 0.335. The number of methoxy groups -OCH3 is 1. The highest BCUT2D eigenvalue weighted by Gasteiger charge is 2.45. The summed E-state index contributed by atoms with van der Waals surface area (Å²) in [4.78, 5) is 28.6. The third-order valence-electron chi connectivity index (χ3n) is 5.72. The summed E-state index contributed by atoms with van der Waals surface area (Å²) in [6.45, 7) is 1.19. The maximum Gasteiger partial charge on any atom is 0.414 e. The van der Waals surface area contributed by atoms with Gasteiger partial charge in [-0.05, 0) is 56.7 Å². The fourth-order valence-electron chi connectivity index (χ4n) is 4.33. The first-order valence-electron chi connectivity index (χ1n) is 9.88. The van der Waals surface area contributed by atoms with Crippen molar-refractivity contribution >= 4 is 17.7 Å². The number of hydrogen-bond donors (Lipinski definition) is 1. The minimum absolute atomic E-state index is 0.180. The van der Waals surface area contributed by atoms with Gasteiger partial charge in [0.2, 0.25) is 0 Å². The largest absolute Gasteiger partial charge is 0.497 e. The van der Waals surface area contributed by atoms with Crippen LogP contribution in [0.25, 0.3) is 0 Å². The van der Waals surface area contributed by atoms with Crippen LogP contribution in [-0.4, -0.2) is 60.8 Å². The number of benzene rings is 1. The highest BCUT2D eigenvalue weighted by atomic mass is 16.7. The molecule has 8 heteroatoms. The number of ether oxygens (including phenoxy) is 3. The number of piperidine rings is 1. The highest BCUT2D eigenvalue weighted by molar-refractivity contribution is 6.05. The first-order chi connectivity index (χ1) is 13.6. The van der Waals surface area contributed by atoms with E-state index < -0.39 is 18.6 Å². The standard InChI is InChI=1S/C20H26N2O6/c1-26-13-8-9-15-14(12-13)18(23)21-10-4-2-6-16(21)19(22(15)20(24)25)28-17-7-3-5-11-27-17/h8-9,12,16-17,19H,2-7,10-11H2,1H3,(H,24,25). The molecule has 0 bridgehead atoms. The molecule has 3 unspecified atom stereocenters. The van der Waals surface area contributed by atoms with Gasteiger partial charge >= 0.3 is 6.09 Å². The second-order valence-electron chi connectivity index (χ2n) is 7.42. The number of amides is 2. The number of anilines is 1. The van der Waals surface area contributed by atoms with Gasteiger partial charge in [-0.25, -0.2) is 9.69 Å². The van der Waals surface area contributed by atoms with Gasteiger partial charge in [-0.15, -0.1) is 0 Å². The summed E-state index contributed by atoms with van der Waals surface area (Å²) in [6, 6.07) is 4.55. The van der Waals surface area contributed by atoms with Gasteiger partial charge in [0.25, 0.3) is 5.91 Å². The molecule has 3 atom stereocenters. The Labute approximate surface area is 164 Å². The van der Waals surface area contributed by atoms with Gasteiger partial charge in [-0.3, -0.25) is 4.79 Å². The molecule has 1 aromatic carbocycles. The molecular formula is C20H26N2O6. The molecule has 2 amide bonds. The Bertz CT molecular complexity index is 748. The molecular weight excluding hydrogens is 364 g/mol. The lowest BCUT2D eigenvalue weighted by molar-refractivity contribution is -0.198. The number of carboxylic acid groups (broad SMARTS) is 1. The maximum atomic E-state index is 13.3. The van der Waals surface area contributed by atoms with Crippen molar-refractivity contribution in [1.29, 1.82) is 0 Å². The molecule has 1 N–H and O–H groups in total. The predicted octanol–water partition coefficient (Wildman–Crippen LogP) is 3.06. The Morgan fingerprint density at radius 1 is 1.21 bits per heavy atom. The molecule has 28 heavy (non-hydrogen) atoms. The van der Waals surface area contributed by atoms with Crippen molar-refractivity contribution < 1.29 is 28.9 Å². The fourth-order valence-corrected chi connectivity index (χ4v) is 4.33. The predicted molar refractivity (Wildman–Crippen MR) is 101 cm³/mol. The number of hydrogen-bond acceptors (Lipinski definition) is 5. The van der Waals surface area contributed by atoms with E-state index in [1.807, 2.05) is 0 Å². The topological polar surface area (TPSA) is 88.5 Å². The monoisotopic (exact) mass is 390 g/mol. The van der Waals surface area contributed by atoms with E-state index in [0.717, 1.165) is 32.1 Å². The molecule has 2 saturated heterocycles. The number of fused-ring (bicyclic) bond motifs is 2. The third-order valence-corrected chi connectivity index (χ3v) is 5.72. The second-order valence-corrected chi connectivity index (χ2v) is 7.42. The molecule has 0 aliphatic carbocycles. The van der Waals surface area contributed by atoms with Crippen LogP contribution in [0.4, 0.5) is 10.5 Å². The Morgan fingerprint density at radius 2 is 2.04 bits per heavy atom. The second kappa shape index (κ2) is 7.97. The molecule has 2 fully saturated rings. The number of carbonyl (C=O) groups excluding carboxylic acids is 1. The zero-order chi connectivity index (χ0) is 19.7. The van der Waals surface area contributed by atoms with Crippen LogP contribution in [0.5, 0.6) is 5.75 Å². The first-order valence-corrected chi connectivity index (χ1v) is 9.88. The summed E-state index contributed by atoms with van der Waals surface area (Å²) in [7, 11) is 1.52. The molecule has 4 rings (SSSR count). The number of carbonyl (C=O) groups is 2. The van der Waals surface area contributed by atoms with Gasteiger partial charge < -0.3 is 24.2 Å². The molecule has 0 aromatic heterocycles. The van der Waals surface area contributed by atoms with Crippen LogP contribution in [0.15, 0.2) is 18.2 Å². The van der Waals surface area contributed by atoms with Crippen LogP contribution in [0.1, 0.15) is 48.9 Å². The molecule has 3 aliphatic rings. The number of nitrogens with zero attached hydrogens (tertiary/aromatic N) is 2. The van der Waals surface area contributed by atoms with Crippen molar-refractivity contribution in [2.75, 3.05) is 25.2 Å². The van der Waals surface area contributed by atoms with Crippen molar-refractivity contribution in [3.05, 3.63) is 23.8 Å². The zero-order valence-corrected chi connectivity index (χ0v) is 16.0. The lowest BCUT2D eigenvalue weighted by atomic mass is 10.00. The smallest absolute Gasteiger partial charge is 0.414 e. The van der Waals surface area contributed by atoms with Gasteiger partial charge in [-0.1, -0.05) is 0 Å². The summed E-state index contributed by atoms with van der Waals surface area (Å²) in [6.07, 6.45) is 2.77. The molecule has 8 nitrogen and oxygen atoms in total. The van der Waals surface area contributed by atoms with Crippen molar-refractivity contribution in [2.24, 2.45) is 0 Å². The van der Waals surface area contributed by atoms with Gasteiger partial charge in [0.05, 0.1) is 24.4 Å². The molecule has 3 heterocycles. The fraction of sp³-hybridized carbons (Fsp3) is 0.600. The third kappa shape index (κ3) is 3.42. The van der Waals surface area contributed by atoms with E-state index in [9.17, 15) is 14.7 Å². The molecule has 0 spiro atoms. The van der Waals surface area contributed by atoms with Crippen LogP contribution in [0.3, 0.4) is 0 Å². The van der Waals surface area contributed by atoms with Gasteiger partial charge in [0.1, 0.15) is 5.75 Å².